The molecule has 0 unspecified atom stereocenters. The highest BCUT2D eigenvalue weighted by atomic mass is 79.9. The Morgan fingerprint density at radius 2 is 2.21 bits per heavy atom. The molecular weight excluding hydrogens is 328 g/mol. The number of aromatic nitrogens is 3. The van der Waals surface area contributed by atoms with Gasteiger partial charge >= 0.3 is 0 Å². The number of hydrogen-bond acceptors (Lipinski definition) is 3. The average molecular weight is 343 g/mol. The molecule has 5 nitrogen and oxygen atoms in total. The summed E-state index contributed by atoms with van der Waals surface area (Å²) in [5, 5.41) is 0. The zero-order chi connectivity index (χ0) is 14.0. The first kappa shape index (κ1) is 14.2. The molecule has 0 aliphatic heterocycles. The van der Waals surface area contributed by atoms with Gasteiger partial charge in [-0.05, 0) is 48.1 Å². The van der Waals surface area contributed by atoms with E-state index >= 15 is 0 Å². The maximum Gasteiger partial charge on any atom is 0.242 e. The number of hydrogen-bond donors (Lipinski definition) is 1. The summed E-state index contributed by atoms with van der Waals surface area (Å²) >= 11 is 8.62. The Kier molecular flexibility index (Phi) is 4.36. The molecule has 2 aromatic heterocycles. The molecule has 0 aliphatic carbocycles. The van der Waals surface area contributed by atoms with E-state index in [0.29, 0.717) is 23.5 Å². The molecule has 0 radical (unpaired) electrons. The van der Waals surface area contributed by atoms with Gasteiger partial charge in [0.1, 0.15) is 6.54 Å². The lowest BCUT2D eigenvalue weighted by Crippen LogP contribution is -2.33. The molecular formula is C12H15BrN4OS. The molecule has 1 amide bonds. The number of nitrogens with one attached hydrogen (secondary N) is 1. The van der Waals surface area contributed by atoms with E-state index in [1.54, 1.807) is 15.7 Å². The summed E-state index contributed by atoms with van der Waals surface area (Å²) in [4.78, 5) is 21.3. The summed E-state index contributed by atoms with van der Waals surface area (Å²) in [6.45, 7) is 5.54. The summed E-state index contributed by atoms with van der Waals surface area (Å²) in [5.41, 5.74) is 1.53. The second kappa shape index (κ2) is 5.83. The Labute approximate surface area is 124 Å². The topological polar surface area (TPSA) is 53.9 Å². The average Bonchev–Trinajstić information content (AvgIpc) is 2.66. The third kappa shape index (κ3) is 2.87. The highest BCUT2D eigenvalue weighted by Crippen LogP contribution is 2.17. The van der Waals surface area contributed by atoms with Crippen LogP contribution >= 0.6 is 28.1 Å². The minimum absolute atomic E-state index is 0.0479. The number of aromatic amines is 1. The van der Waals surface area contributed by atoms with Gasteiger partial charge < -0.3 is 9.88 Å². The Morgan fingerprint density at radius 3 is 2.84 bits per heavy atom. The van der Waals surface area contributed by atoms with Crippen LogP contribution in [0.5, 0.6) is 0 Å². The van der Waals surface area contributed by atoms with E-state index in [1.165, 1.54) is 0 Å². The lowest BCUT2D eigenvalue weighted by atomic mass is 10.4. The number of rotatable bonds is 4. The van der Waals surface area contributed by atoms with Crippen LogP contribution in [0.15, 0.2) is 16.7 Å². The van der Waals surface area contributed by atoms with Crippen molar-refractivity contribution in [1.82, 2.24) is 19.4 Å². The standard InChI is InChI=1S/C12H15BrN4OS/c1-3-16(4-2)10(18)7-17-11-9(15-12(17)19)5-8(13)6-14-11/h5-6H,3-4,7H2,1-2H3,(H,15,19). The van der Waals surface area contributed by atoms with Gasteiger partial charge in [0, 0.05) is 23.8 Å². The summed E-state index contributed by atoms with van der Waals surface area (Å²) in [5.74, 6) is 0.0479. The quantitative estimate of drug-likeness (QED) is 0.869. The fraction of sp³-hybridized carbons (Fsp3) is 0.417. The van der Waals surface area contributed by atoms with Gasteiger partial charge in [-0.2, -0.15) is 0 Å². The van der Waals surface area contributed by atoms with Crippen molar-refractivity contribution in [1.29, 1.82) is 0 Å². The SMILES string of the molecule is CCN(CC)C(=O)Cn1c(=S)[nH]c2cc(Br)cnc21. The van der Waals surface area contributed by atoms with Crippen LogP contribution in [0.3, 0.4) is 0 Å². The highest BCUT2D eigenvalue weighted by molar-refractivity contribution is 9.10. The molecule has 0 saturated carbocycles. The monoisotopic (exact) mass is 342 g/mol. The van der Waals surface area contributed by atoms with E-state index in [0.717, 1.165) is 9.99 Å². The van der Waals surface area contributed by atoms with Crippen LogP contribution in [0.2, 0.25) is 0 Å². The Bertz CT molecular complexity index is 659. The number of halogens is 1. The third-order valence-electron chi connectivity index (χ3n) is 2.99. The predicted molar refractivity (Wildman–Crippen MR) is 80.5 cm³/mol. The highest BCUT2D eigenvalue weighted by Gasteiger charge is 2.14. The van der Waals surface area contributed by atoms with Crippen molar-refractivity contribution in [2.24, 2.45) is 0 Å². The summed E-state index contributed by atoms with van der Waals surface area (Å²) in [7, 11) is 0. The molecule has 0 aliphatic rings. The van der Waals surface area contributed by atoms with Crippen LogP contribution in [0.4, 0.5) is 0 Å². The normalized spacial score (nSPS) is 10.9. The Balaban J connectivity index is 2.38. The number of imidazole rings is 1. The van der Waals surface area contributed by atoms with Crippen LogP contribution in [0, 0.1) is 4.77 Å². The Hall–Kier alpha value is -1.21. The molecule has 0 saturated heterocycles. The van der Waals surface area contributed by atoms with Crippen LogP contribution < -0.4 is 0 Å². The number of nitrogens with zero attached hydrogens (tertiary/aromatic N) is 3. The second-order valence-electron chi connectivity index (χ2n) is 4.11. The van der Waals surface area contributed by atoms with Gasteiger partial charge in [-0.3, -0.25) is 9.36 Å². The molecule has 2 rings (SSSR count). The number of H-pyrrole nitrogens is 1. The molecule has 1 N–H and O–H groups in total. The van der Waals surface area contributed by atoms with E-state index in [4.69, 9.17) is 12.2 Å². The van der Waals surface area contributed by atoms with Gasteiger partial charge in [0.2, 0.25) is 5.91 Å². The fourth-order valence-electron chi connectivity index (χ4n) is 1.98. The second-order valence-corrected chi connectivity index (χ2v) is 5.41. The summed E-state index contributed by atoms with van der Waals surface area (Å²) in [6, 6.07) is 1.90. The van der Waals surface area contributed by atoms with Gasteiger partial charge in [-0.25, -0.2) is 4.98 Å². The van der Waals surface area contributed by atoms with Gasteiger partial charge in [0.15, 0.2) is 10.4 Å². The van der Waals surface area contributed by atoms with Crippen LogP contribution in [0.1, 0.15) is 13.8 Å². The zero-order valence-corrected chi connectivity index (χ0v) is 13.2. The van der Waals surface area contributed by atoms with E-state index in [2.05, 4.69) is 25.9 Å². The first-order chi connectivity index (χ1) is 9.06. The maximum atomic E-state index is 12.1. The zero-order valence-electron chi connectivity index (χ0n) is 10.8. The van der Waals surface area contributed by atoms with Crippen molar-refractivity contribution in [2.45, 2.75) is 20.4 Å². The van der Waals surface area contributed by atoms with E-state index in [-0.39, 0.29) is 12.5 Å². The molecule has 7 heteroatoms. The van der Waals surface area contributed by atoms with Crippen molar-refractivity contribution in [2.75, 3.05) is 13.1 Å². The van der Waals surface area contributed by atoms with Gasteiger partial charge in [0.25, 0.3) is 0 Å². The van der Waals surface area contributed by atoms with Crippen LogP contribution in [-0.2, 0) is 11.3 Å². The van der Waals surface area contributed by atoms with E-state index < -0.39 is 0 Å². The molecule has 0 spiro atoms. The number of likely N-dealkylation sites (N-methyl/N-ethyl adjacent to an activating group) is 1. The smallest absolute Gasteiger partial charge is 0.242 e. The number of amides is 1. The Morgan fingerprint density at radius 1 is 1.53 bits per heavy atom. The third-order valence-corrected chi connectivity index (χ3v) is 3.74. The van der Waals surface area contributed by atoms with Crippen molar-refractivity contribution >= 4 is 45.2 Å². The first-order valence-electron chi connectivity index (χ1n) is 6.08. The number of carbonyl (C=O) groups is 1. The summed E-state index contributed by atoms with van der Waals surface area (Å²) < 4.78 is 3.12. The van der Waals surface area contributed by atoms with Crippen molar-refractivity contribution in [3.63, 3.8) is 0 Å². The molecule has 0 aromatic carbocycles. The van der Waals surface area contributed by atoms with E-state index in [1.807, 2.05) is 19.9 Å². The molecule has 2 aromatic rings. The van der Waals surface area contributed by atoms with Crippen molar-refractivity contribution in [3.8, 4) is 0 Å². The van der Waals surface area contributed by atoms with Gasteiger partial charge in [-0.15, -0.1) is 0 Å². The summed E-state index contributed by atoms with van der Waals surface area (Å²) in [6.07, 6.45) is 1.70. The van der Waals surface area contributed by atoms with Crippen LogP contribution in [-0.4, -0.2) is 38.4 Å². The molecule has 0 bridgehead atoms. The van der Waals surface area contributed by atoms with Crippen LogP contribution in [0.25, 0.3) is 11.2 Å². The largest absolute Gasteiger partial charge is 0.342 e. The van der Waals surface area contributed by atoms with Crippen molar-refractivity contribution < 1.29 is 4.79 Å². The fourth-order valence-corrected chi connectivity index (χ4v) is 2.57. The molecule has 2 heterocycles. The number of pyridine rings is 1. The maximum absolute atomic E-state index is 12.1. The van der Waals surface area contributed by atoms with Gasteiger partial charge in [-0.1, -0.05) is 0 Å². The lowest BCUT2D eigenvalue weighted by Gasteiger charge is -2.18. The van der Waals surface area contributed by atoms with E-state index in [9.17, 15) is 4.79 Å². The van der Waals surface area contributed by atoms with Gasteiger partial charge in [0.05, 0.1) is 5.52 Å². The predicted octanol–water partition coefficient (Wildman–Crippen LogP) is 2.72. The molecule has 102 valence electrons. The number of fused-ring (bicyclic) bond motifs is 1. The molecule has 0 fully saturated rings. The lowest BCUT2D eigenvalue weighted by molar-refractivity contribution is -0.131. The molecule has 19 heavy (non-hydrogen) atoms. The van der Waals surface area contributed by atoms with Crippen molar-refractivity contribution in [3.05, 3.63) is 21.5 Å². The number of carbonyl (C=O) groups excluding carboxylic acids is 1. The minimum atomic E-state index is 0.0479. The first-order valence-corrected chi connectivity index (χ1v) is 7.28. The minimum Gasteiger partial charge on any atom is -0.342 e. The molecule has 0 atom stereocenters.